The molecule has 0 fully saturated rings. The van der Waals surface area contributed by atoms with Crippen LogP contribution < -0.4 is 0 Å². The van der Waals surface area contributed by atoms with Gasteiger partial charge < -0.3 is 5.11 Å². The highest BCUT2D eigenvalue weighted by Crippen LogP contribution is 2.40. The number of aliphatic hydroxyl groups is 1. The minimum absolute atomic E-state index is 0.131. The molecule has 25 heavy (non-hydrogen) atoms. The van der Waals surface area contributed by atoms with Gasteiger partial charge >= 0.3 is 0 Å². The second-order valence-corrected chi connectivity index (χ2v) is 6.33. The first-order chi connectivity index (χ1) is 12.1. The molecule has 120 valence electrons. The van der Waals surface area contributed by atoms with Gasteiger partial charge in [-0.25, -0.2) is 0 Å². The van der Waals surface area contributed by atoms with Crippen molar-refractivity contribution in [3.63, 3.8) is 0 Å². The van der Waals surface area contributed by atoms with Crippen LogP contribution in [0, 0.1) is 11.8 Å². The fourth-order valence-corrected chi connectivity index (χ4v) is 3.29. The molecule has 0 spiro atoms. The Kier molecular flexibility index (Phi) is 3.69. The molecule has 1 aliphatic carbocycles. The van der Waals surface area contributed by atoms with E-state index >= 15 is 0 Å². The average molecular weight is 345 g/mol. The summed E-state index contributed by atoms with van der Waals surface area (Å²) in [5.41, 5.74) is 0.981. The number of rotatable bonds is 0. The zero-order chi connectivity index (χ0) is 17.4. The Labute approximate surface area is 150 Å². The molecule has 0 saturated heterocycles. The summed E-state index contributed by atoms with van der Waals surface area (Å²) in [4.78, 5) is 12.8. The maximum absolute atomic E-state index is 12.8. The van der Waals surface area contributed by atoms with Gasteiger partial charge in [0.05, 0.1) is 0 Å². The number of fused-ring (bicyclic) bond motifs is 2. The van der Waals surface area contributed by atoms with Gasteiger partial charge in [-0.2, -0.15) is 0 Å². The summed E-state index contributed by atoms with van der Waals surface area (Å²) in [5.74, 6) is 5.85. The van der Waals surface area contributed by atoms with Crippen molar-refractivity contribution in [1.29, 1.82) is 0 Å². The zero-order valence-electron chi connectivity index (χ0n) is 13.2. The third-order valence-corrected chi connectivity index (χ3v) is 4.57. The van der Waals surface area contributed by atoms with E-state index in [4.69, 9.17) is 11.6 Å². The summed E-state index contributed by atoms with van der Waals surface area (Å²) in [6.07, 6.45) is 0. The highest BCUT2D eigenvalue weighted by atomic mass is 35.5. The lowest BCUT2D eigenvalue weighted by atomic mass is 9.74. The summed E-state index contributed by atoms with van der Waals surface area (Å²) in [6.45, 7) is 0. The predicted molar refractivity (Wildman–Crippen MR) is 97.6 cm³/mol. The van der Waals surface area contributed by atoms with E-state index in [1.165, 1.54) is 0 Å². The van der Waals surface area contributed by atoms with Crippen LogP contribution in [0.5, 0.6) is 0 Å². The maximum Gasteiger partial charge on any atom is 0.193 e. The Morgan fingerprint density at radius 3 is 2.32 bits per heavy atom. The van der Waals surface area contributed by atoms with Crippen LogP contribution in [0.4, 0.5) is 0 Å². The Bertz CT molecular complexity index is 1040. The van der Waals surface area contributed by atoms with Crippen molar-refractivity contribution in [2.45, 2.75) is 5.60 Å². The fraction of sp³-hybridized carbons (Fsp3) is 0.0455. The lowest BCUT2D eigenvalue weighted by molar-refractivity contribution is 0.0980. The summed E-state index contributed by atoms with van der Waals surface area (Å²) >= 11 is 6.13. The Morgan fingerprint density at radius 2 is 1.52 bits per heavy atom. The number of ketones is 1. The number of hydrogen-bond acceptors (Lipinski definition) is 2. The van der Waals surface area contributed by atoms with E-state index in [0.29, 0.717) is 27.3 Å². The van der Waals surface area contributed by atoms with Crippen LogP contribution in [0.15, 0.2) is 72.8 Å². The molecule has 3 aromatic carbocycles. The Balaban J connectivity index is 1.99. The van der Waals surface area contributed by atoms with Crippen LogP contribution in [0.25, 0.3) is 0 Å². The molecule has 1 aliphatic rings. The molecule has 1 atom stereocenters. The number of carbonyl (C=O) groups is 1. The third kappa shape index (κ3) is 2.55. The van der Waals surface area contributed by atoms with E-state index in [1.807, 2.05) is 30.3 Å². The van der Waals surface area contributed by atoms with Crippen LogP contribution in [0.3, 0.4) is 0 Å². The van der Waals surface area contributed by atoms with Crippen molar-refractivity contribution in [2.75, 3.05) is 0 Å². The van der Waals surface area contributed by atoms with Gasteiger partial charge in [0.2, 0.25) is 0 Å². The Hall–Kier alpha value is -2.86. The SMILES string of the molecule is O=C1c2ccccc2[C@@](O)(C#Cc2ccccc2)c2cc(Cl)ccc21. The topological polar surface area (TPSA) is 37.3 Å². The van der Waals surface area contributed by atoms with Crippen LogP contribution in [0.2, 0.25) is 5.02 Å². The monoisotopic (exact) mass is 344 g/mol. The quantitative estimate of drug-likeness (QED) is 0.621. The smallest absolute Gasteiger partial charge is 0.193 e. The van der Waals surface area contributed by atoms with Crippen molar-refractivity contribution in [3.8, 4) is 11.8 Å². The summed E-state index contributed by atoms with van der Waals surface area (Å²) < 4.78 is 0. The molecule has 0 unspecified atom stereocenters. The van der Waals surface area contributed by atoms with Crippen molar-refractivity contribution >= 4 is 17.4 Å². The summed E-state index contributed by atoms with van der Waals surface area (Å²) in [7, 11) is 0. The molecule has 0 heterocycles. The van der Waals surface area contributed by atoms with Gasteiger partial charge in [0.15, 0.2) is 11.4 Å². The number of halogens is 1. The molecule has 3 aromatic rings. The van der Waals surface area contributed by atoms with E-state index in [9.17, 15) is 9.90 Å². The molecule has 0 aliphatic heterocycles. The van der Waals surface area contributed by atoms with Crippen LogP contribution in [-0.2, 0) is 5.60 Å². The average Bonchev–Trinajstić information content (AvgIpc) is 2.65. The van der Waals surface area contributed by atoms with Crippen molar-refractivity contribution < 1.29 is 9.90 Å². The lowest BCUT2D eigenvalue weighted by Gasteiger charge is -2.31. The highest BCUT2D eigenvalue weighted by molar-refractivity contribution is 6.31. The molecular formula is C22H13ClO2. The van der Waals surface area contributed by atoms with Gasteiger partial charge in [-0.3, -0.25) is 4.79 Å². The zero-order valence-corrected chi connectivity index (χ0v) is 13.9. The van der Waals surface area contributed by atoms with Gasteiger partial charge in [0, 0.05) is 32.8 Å². The molecule has 0 aromatic heterocycles. The van der Waals surface area contributed by atoms with Crippen molar-refractivity contribution in [2.24, 2.45) is 0 Å². The molecule has 3 heteroatoms. The van der Waals surface area contributed by atoms with Gasteiger partial charge in [-0.15, -0.1) is 0 Å². The van der Waals surface area contributed by atoms with Gasteiger partial charge in [0.25, 0.3) is 0 Å². The predicted octanol–water partition coefficient (Wildman–Crippen LogP) is 4.17. The fourth-order valence-electron chi connectivity index (χ4n) is 3.12. The molecule has 2 nitrogen and oxygen atoms in total. The first-order valence-corrected chi connectivity index (χ1v) is 8.22. The van der Waals surface area contributed by atoms with Gasteiger partial charge in [0.1, 0.15) is 0 Å². The normalized spacial score (nSPS) is 17.9. The standard InChI is InChI=1S/C22H13ClO2/c23-16-10-11-18-20(14-16)22(25,13-12-15-6-2-1-3-7-15)19-9-5-4-8-17(19)21(18)24/h1-11,14,25H/t22-/m0/s1. The third-order valence-electron chi connectivity index (χ3n) is 4.34. The van der Waals surface area contributed by atoms with Crippen LogP contribution in [0.1, 0.15) is 32.6 Å². The number of benzene rings is 3. The number of carbonyl (C=O) groups excluding carboxylic acids is 1. The van der Waals surface area contributed by atoms with Crippen molar-refractivity contribution in [3.05, 3.63) is 106 Å². The minimum atomic E-state index is -1.60. The molecule has 1 N–H and O–H groups in total. The second-order valence-electron chi connectivity index (χ2n) is 5.89. The summed E-state index contributed by atoms with van der Waals surface area (Å²) in [5, 5.41) is 11.9. The minimum Gasteiger partial charge on any atom is -0.369 e. The highest BCUT2D eigenvalue weighted by Gasteiger charge is 2.41. The maximum atomic E-state index is 12.8. The molecule has 0 radical (unpaired) electrons. The first kappa shape index (κ1) is 15.7. The van der Waals surface area contributed by atoms with Gasteiger partial charge in [-0.1, -0.05) is 65.9 Å². The largest absolute Gasteiger partial charge is 0.369 e. The number of hydrogen-bond donors (Lipinski definition) is 1. The van der Waals surface area contributed by atoms with E-state index < -0.39 is 5.60 Å². The second kappa shape index (κ2) is 5.89. The first-order valence-electron chi connectivity index (χ1n) is 7.84. The van der Waals surface area contributed by atoms with E-state index in [0.717, 1.165) is 5.56 Å². The summed E-state index contributed by atoms with van der Waals surface area (Å²) in [6, 6.07) is 21.3. The molecule has 0 amide bonds. The molecular weight excluding hydrogens is 332 g/mol. The van der Waals surface area contributed by atoms with Gasteiger partial charge in [-0.05, 0) is 30.3 Å². The molecule has 0 saturated carbocycles. The lowest BCUT2D eigenvalue weighted by Crippen LogP contribution is -2.34. The van der Waals surface area contributed by atoms with Crippen LogP contribution in [-0.4, -0.2) is 10.9 Å². The van der Waals surface area contributed by atoms with E-state index in [2.05, 4.69) is 11.8 Å². The Morgan fingerprint density at radius 1 is 0.840 bits per heavy atom. The molecule has 4 rings (SSSR count). The van der Waals surface area contributed by atoms with Crippen LogP contribution >= 0.6 is 11.6 Å². The van der Waals surface area contributed by atoms with E-state index in [1.54, 1.807) is 42.5 Å². The van der Waals surface area contributed by atoms with Crippen molar-refractivity contribution in [1.82, 2.24) is 0 Å². The molecule has 0 bridgehead atoms. The van der Waals surface area contributed by atoms with E-state index in [-0.39, 0.29) is 5.78 Å².